The molecule has 0 bridgehead atoms. The van der Waals surface area contributed by atoms with Crippen molar-refractivity contribution in [2.45, 2.75) is 0 Å². The lowest BCUT2D eigenvalue weighted by Gasteiger charge is -2.15. The van der Waals surface area contributed by atoms with Gasteiger partial charge >= 0.3 is 6.98 Å². The Balaban J connectivity index is 2.72. The summed E-state index contributed by atoms with van der Waals surface area (Å²) in [7, 11) is 0. The van der Waals surface area contributed by atoms with Crippen LogP contribution < -0.4 is 4.74 Å². The predicted molar refractivity (Wildman–Crippen MR) is 40.9 cm³/mol. The van der Waals surface area contributed by atoms with E-state index in [0.29, 0.717) is 12.1 Å². The minimum atomic E-state index is -5.17. The minimum absolute atomic E-state index is 0.567. The molecule has 1 nitrogen and oxygen atoms in total. The van der Waals surface area contributed by atoms with E-state index in [1.165, 1.54) is 0 Å². The second kappa shape index (κ2) is 3.85. The molecule has 0 unspecified atom stereocenters. The van der Waals surface area contributed by atoms with E-state index in [4.69, 9.17) is 0 Å². The summed E-state index contributed by atoms with van der Waals surface area (Å²) in [6, 6.07) is 2.06. The summed E-state index contributed by atoms with van der Waals surface area (Å²) in [5.74, 6) is -2.60. The van der Waals surface area contributed by atoms with Gasteiger partial charge in [-0.15, -0.1) is 0 Å². The first kappa shape index (κ1) is 10.8. The van der Waals surface area contributed by atoms with Gasteiger partial charge < -0.3 is 17.7 Å². The van der Waals surface area contributed by atoms with Gasteiger partial charge in [-0.1, -0.05) is 0 Å². The Morgan fingerprint density at radius 2 is 1.79 bits per heavy atom. The molecule has 0 heterocycles. The maximum atomic E-state index is 12.7. The van der Waals surface area contributed by atoms with Gasteiger partial charge in [0.05, 0.1) is 6.51 Å². The topological polar surface area (TPSA) is 9.23 Å². The second-order valence-electron chi connectivity index (χ2n) is 2.60. The van der Waals surface area contributed by atoms with Crippen molar-refractivity contribution in [3.63, 3.8) is 0 Å². The number of halogens is 5. The summed E-state index contributed by atoms with van der Waals surface area (Å²) < 4.78 is 64.3. The first-order valence-corrected chi connectivity index (χ1v) is 3.67. The van der Waals surface area contributed by atoms with Crippen molar-refractivity contribution in [3.8, 4) is 5.75 Å². The molecule has 1 aromatic carbocycles. The molecule has 0 aliphatic heterocycles. The van der Waals surface area contributed by atoms with Crippen LogP contribution in [0.1, 0.15) is 0 Å². The van der Waals surface area contributed by atoms with Gasteiger partial charge in [0.15, 0.2) is 11.6 Å². The molecule has 0 saturated carbocycles. The fourth-order valence-corrected chi connectivity index (χ4v) is 0.772. The molecule has 0 radical (unpaired) electrons. The Kier molecular flexibility index (Phi) is 2.98. The van der Waals surface area contributed by atoms with Crippen molar-refractivity contribution < 1.29 is 26.5 Å². The molecule has 0 aliphatic rings. The summed E-state index contributed by atoms with van der Waals surface area (Å²) in [6.07, 6.45) is 0. The fraction of sp³-hybridized carbons (Fsp3) is 0.143. The van der Waals surface area contributed by atoms with Gasteiger partial charge in [0.2, 0.25) is 0 Å². The van der Waals surface area contributed by atoms with Gasteiger partial charge in [-0.3, -0.25) is 0 Å². The minimum Gasteiger partial charge on any atom is -0.519 e. The second-order valence-corrected chi connectivity index (χ2v) is 2.60. The van der Waals surface area contributed by atoms with E-state index >= 15 is 0 Å². The molecule has 0 amide bonds. The molecule has 1 aromatic rings. The van der Waals surface area contributed by atoms with E-state index in [0.717, 1.165) is 6.07 Å². The molecule has 14 heavy (non-hydrogen) atoms. The van der Waals surface area contributed by atoms with Crippen LogP contribution in [-0.4, -0.2) is 13.5 Å². The Morgan fingerprint density at radius 3 is 2.36 bits per heavy atom. The zero-order chi connectivity index (χ0) is 10.8. The van der Waals surface area contributed by atoms with Gasteiger partial charge in [0.1, 0.15) is 5.82 Å². The number of hydrogen-bond acceptors (Lipinski definition) is 1. The summed E-state index contributed by atoms with van der Waals surface area (Å²) in [6.45, 7) is -6.75. The van der Waals surface area contributed by atoms with Crippen molar-refractivity contribution >= 4 is 6.98 Å². The molecule has 1 rings (SSSR count). The van der Waals surface area contributed by atoms with Crippen LogP contribution in [-0.2, 0) is 0 Å². The summed E-state index contributed by atoms with van der Waals surface area (Å²) >= 11 is 0. The molecule has 7 heteroatoms. The molecular formula is C7H5BF5O-. The van der Waals surface area contributed by atoms with E-state index < -0.39 is 30.9 Å². The molecule has 0 atom stereocenters. The fourth-order valence-electron chi connectivity index (χ4n) is 0.772. The van der Waals surface area contributed by atoms with Gasteiger partial charge in [-0.05, 0) is 12.1 Å². The largest absolute Gasteiger partial charge is 0.519 e. The number of benzene rings is 1. The van der Waals surface area contributed by atoms with E-state index in [1.807, 2.05) is 0 Å². The lowest BCUT2D eigenvalue weighted by molar-refractivity contribution is 0.299. The maximum Gasteiger partial charge on any atom is 0.515 e. The third kappa shape index (κ3) is 3.23. The normalized spacial score (nSPS) is 11.5. The average Bonchev–Trinajstić information content (AvgIpc) is 2.05. The SMILES string of the molecule is Fc1ccc(F)c(OC[B-](F)(F)F)c1. The van der Waals surface area contributed by atoms with Crippen LogP contribution in [0, 0.1) is 11.6 Å². The molecule has 0 N–H and O–H groups in total. The van der Waals surface area contributed by atoms with E-state index in [-0.39, 0.29) is 0 Å². The highest BCUT2D eigenvalue weighted by Crippen LogP contribution is 2.19. The highest BCUT2D eigenvalue weighted by atomic mass is 19.4. The van der Waals surface area contributed by atoms with E-state index in [9.17, 15) is 21.7 Å². The van der Waals surface area contributed by atoms with Crippen LogP contribution in [0.25, 0.3) is 0 Å². The third-order valence-corrected chi connectivity index (χ3v) is 1.32. The van der Waals surface area contributed by atoms with Crippen molar-refractivity contribution in [2.75, 3.05) is 6.51 Å². The van der Waals surface area contributed by atoms with Gasteiger partial charge in [0.25, 0.3) is 0 Å². The van der Waals surface area contributed by atoms with Crippen LogP contribution in [0.5, 0.6) is 5.75 Å². The molecule has 78 valence electrons. The summed E-state index contributed by atoms with van der Waals surface area (Å²) in [5.41, 5.74) is 0. The quantitative estimate of drug-likeness (QED) is 0.551. The zero-order valence-corrected chi connectivity index (χ0v) is 6.81. The first-order chi connectivity index (χ1) is 6.38. The Labute approximate surface area is 76.5 Å². The third-order valence-electron chi connectivity index (χ3n) is 1.32. The number of rotatable bonds is 3. The average molecular weight is 211 g/mol. The van der Waals surface area contributed by atoms with Crippen LogP contribution in [0.2, 0.25) is 0 Å². The smallest absolute Gasteiger partial charge is 0.515 e. The molecule has 0 spiro atoms. The number of ether oxygens (including phenoxy) is 1. The molecule has 0 aromatic heterocycles. The van der Waals surface area contributed by atoms with Crippen molar-refractivity contribution in [3.05, 3.63) is 29.8 Å². The summed E-state index contributed by atoms with van der Waals surface area (Å²) in [5, 5.41) is 0. The lowest BCUT2D eigenvalue weighted by atomic mass is 9.95. The van der Waals surface area contributed by atoms with Gasteiger partial charge in [-0.2, -0.15) is 0 Å². The molecule has 0 saturated heterocycles. The number of hydrogen-bond donors (Lipinski definition) is 0. The molecule has 0 fully saturated rings. The van der Waals surface area contributed by atoms with Crippen molar-refractivity contribution in [1.29, 1.82) is 0 Å². The van der Waals surface area contributed by atoms with E-state index in [1.54, 1.807) is 0 Å². The first-order valence-electron chi connectivity index (χ1n) is 3.67. The van der Waals surface area contributed by atoms with E-state index in [2.05, 4.69) is 4.74 Å². The lowest BCUT2D eigenvalue weighted by Crippen LogP contribution is -2.26. The van der Waals surface area contributed by atoms with Crippen molar-refractivity contribution in [1.82, 2.24) is 0 Å². The van der Waals surface area contributed by atoms with Gasteiger partial charge in [0, 0.05) is 6.07 Å². The van der Waals surface area contributed by atoms with Crippen LogP contribution in [0.3, 0.4) is 0 Å². The molecular weight excluding hydrogens is 206 g/mol. The Hall–Kier alpha value is -1.27. The van der Waals surface area contributed by atoms with Crippen LogP contribution in [0.4, 0.5) is 21.7 Å². The Bertz CT molecular complexity index is 324. The Morgan fingerprint density at radius 1 is 1.14 bits per heavy atom. The van der Waals surface area contributed by atoms with Crippen LogP contribution >= 0.6 is 0 Å². The highest BCUT2D eigenvalue weighted by Gasteiger charge is 2.24. The monoisotopic (exact) mass is 211 g/mol. The molecule has 0 aliphatic carbocycles. The predicted octanol–water partition coefficient (Wildman–Crippen LogP) is 2.73. The zero-order valence-electron chi connectivity index (χ0n) is 6.81. The highest BCUT2D eigenvalue weighted by molar-refractivity contribution is 6.58. The van der Waals surface area contributed by atoms with Gasteiger partial charge in [-0.25, -0.2) is 8.78 Å². The standard InChI is InChI=1S/C7H5BF5O/c9-5-1-2-6(10)7(3-5)14-4-8(11,12)13/h1-3H,4H2/q-1. The summed E-state index contributed by atoms with van der Waals surface area (Å²) in [4.78, 5) is 0. The van der Waals surface area contributed by atoms with Crippen LogP contribution in [0.15, 0.2) is 18.2 Å². The maximum absolute atomic E-state index is 12.7. The van der Waals surface area contributed by atoms with Crippen molar-refractivity contribution in [2.24, 2.45) is 0 Å².